The number of aliphatic imine (C=N–C) groups is 1. The second-order valence-corrected chi connectivity index (χ2v) is 6.35. The van der Waals surface area contributed by atoms with Gasteiger partial charge < -0.3 is 15.0 Å². The molecule has 0 aliphatic heterocycles. The lowest BCUT2D eigenvalue weighted by Gasteiger charge is -2.22. The Kier molecular flexibility index (Phi) is 9.10. The number of aryl methyl sites for hydroxylation is 1. The van der Waals surface area contributed by atoms with Crippen LogP contribution in [0.15, 0.2) is 53.7 Å². The van der Waals surface area contributed by atoms with Gasteiger partial charge >= 0.3 is 0 Å². The molecule has 2 heterocycles. The zero-order valence-electron chi connectivity index (χ0n) is 16.6. The largest absolute Gasteiger partial charge is 0.492 e. The van der Waals surface area contributed by atoms with Gasteiger partial charge in [0.05, 0.1) is 6.54 Å². The molecule has 0 fully saturated rings. The molecule has 0 bridgehead atoms. The molecule has 0 atom stereocenters. The van der Waals surface area contributed by atoms with Crippen LogP contribution in [0, 0.1) is 5.82 Å². The number of nitrogens with one attached hydrogen (secondary N) is 1. The molecule has 7 nitrogen and oxygen atoms in total. The number of rotatable bonds is 8. The molecular formula is C20H26FIN6O. The predicted molar refractivity (Wildman–Crippen MR) is 123 cm³/mol. The molecule has 156 valence electrons. The number of likely N-dealkylation sites (N-methyl/N-ethyl adjacent to an activating group) is 1. The number of halogens is 2. The van der Waals surface area contributed by atoms with Crippen LogP contribution in [0.5, 0.6) is 5.75 Å². The van der Waals surface area contributed by atoms with E-state index in [1.165, 1.54) is 12.1 Å². The van der Waals surface area contributed by atoms with E-state index in [1.54, 1.807) is 19.2 Å². The highest BCUT2D eigenvalue weighted by molar-refractivity contribution is 14.0. The molecule has 9 heteroatoms. The lowest BCUT2D eigenvalue weighted by atomic mass is 10.3. The Morgan fingerprint density at radius 1 is 1.21 bits per heavy atom. The minimum Gasteiger partial charge on any atom is -0.492 e. The van der Waals surface area contributed by atoms with Crippen LogP contribution in [-0.4, -0.2) is 59.2 Å². The minimum atomic E-state index is -0.270. The van der Waals surface area contributed by atoms with Crippen LogP contribution in [-0.2, 0) is 6.42 Å². The van der Waals surface area contributed by atoms with E-state index in [4.69, 9.17) is 4.74 Å². The molecule has 0 saturated carbocycles. The summed E-state index contributed by atoms with van der Waals surface area (Å²) >= 11 is 0. The number of benzene rings is 1. The SMILES string of the molecule is CN=C(NCCCc1nnc2ccccn12)N(C)CCOc1ccc(F)cc1.I. The van der Waals surface area contributed by atoms with Crippen LogP contribution < -0.4 is 10.1 Å². The average Bonchev–Trinajstić information content (AvgIpc) is 3.12. The molecule has 0 amide bonds. The predicted octanol–water partition coefficient (Wildman–Crippen LogP) is 3.01. The van der Waals surface area contributed by atoms with Crippen LogP contribution in [0.25, 0.3) is 5.65 Å². The van der Waals surface area contributed by atoms with Gasteiger partial charge in [0.25, 0.3) is 0 Å². The van der Waals surface area contributed by atoms with Crippen molar-refractivity contribution in [1.29, 1.82) is 0 Å². The number of nitrogens with zero attached hydrogens (tertiary/aromatic N) is 5. The van der Waals surface area contributed by atoms with E-state index in [1.807, 2.05) is 40.7 Å². The Morgan fingerprint density at radius 3 is 2.76 bits per heavy atom. The monoisotopic (exact) mass is 512 g/mol. The van der Waals surface area contributed by atoms with E-state index in [0.29, 0.717) is 18.9 Å². The summed E-state index contributed by atoms with van der Waals surface area (Å²) in [6.07, 6.45) is 3.72. The van der Waals surface area contributed by atoms with Gasteiger partial charge in [0, 0.05) is 33.3 Å². The van der Waals surface area contributed by atoms with Crippen molar-refractivity contribution in [3.8, 4) is 5.75 Å². The van der Waals surface area contributed by atoms with Crippen LogP contribution >= 0.6 is 24.0 Å². The van der Waals surface area contributed by atoms with Crippen LogP contribution in [0.4, 0.5) is 4.39 Å². The molecule has 29 heavy (non-hydrogen) atoms. The molecule has 1 aromatic carbocycles. The van der Waals surface area contributed by atoms with Gasteiger partial charge in [-0.05, 0) is 42.8 Å². The van der Waals surface area contributed by atoms with Gasteiger partial charge in [-0.2, -0.15) is 0 Å². The van der Waals surface area contributed by atoms with Gasteiger partial charge in [0.1, 0.15) is 24.0 Å². The van der Waals surface area contributed by atoms with Crippen LogP contribution in [0.2, 0.25) is 0 Å². The Hall–Kier alpha value is -2.43. The second-order valence-electron chi connectivity index (χ2n) is 6.35. The summed E-state index contributed by atoms with van der Waals surface area (Å²) in [5.74, 6) is 2.13. The molecule has 0 unspecified atom stereocenters. The maximum absolute atomic E-state index is 12.9. The fraction of sp³-hybridized carbons (Fsp3) is 0.350. The van der Waals surface area contributed by atoms with E-state index >= 15 is 0 Å². The fourth-order valence-electron chi connectivity index (χ4n) is 2.83. The molecule has 0 saturated heterocycles. The van der Waals surface area contributed by atoms with Crippen LogP contribution in [0.1, 0.15) is 12.2 Å². The Morgan fingerprint density at radius 2 is 2.00 bits per heavy atom. The van der Waals surface area contributed by atoms with E-state index in [-0.39, 0.29) is 29.8 Å². The summed E-state index contributed by atoms with van der Waals surface area (Å²) in [5, 5.41) is 11.8. The van der Waals surface area contributed by atoms with Gasteiger partial charge in [0.15, 0.2) is 11.6 Å². The number of fused-ring (bicyclic) bond motifs is 1. The van der Waals surface area contributed by atoms with E-state index < -0.39 is 0 Å². The first-order valence-electron chi connectivity index (χ1n) is 9.26. The van der Waals surface area contributed by atoms with Gasteiger partial charge in [-0.1, -0.05) is 6.07 Å². The molecule has 3 rings (SSSR count). The maximum Gasteiger partial charge on any atom is 0.193 e. The van der Waals surface area contributed by atoms with E-state index in [2.05, 4.69) is 20.5 Å². The number of ether oxygens (including phenoxy) is 1. The molecule has 0 radical (unpaired) electrons. The minimum absolute atomic E-state index is 0. The quantitative estimate of drug-likeness (QED) is 0.218. The summed E-state index contributed by atoms with van der Waals surface area (Å²) in [4.78, 5) is 6.30. The highest BCUT2D eigenvalue weighted by Crippen LogP contribution is 2.10. The van der Waals surface area contributed by atoms with Gasteiger partial charge in [0.2, 0.25) is 0 Å². The highest BCUT2D eigenvalue weighted by atomic mass is 127. The normalized spacial score (nSPS) is 11.2. The van der Waals surface area contributed by atoms with Gasteiger partial charge in [-0.3, -0.25) is 9.39 Å². The van der Waals surface area contributed by atoms with Crippen molar-refractivity contribution in [2.24, 2.45) is 4.99 Å². The number of aromatic nitrogens is 3. The number of hydrogen-bond acceptors (Lipinski definition) is 4. The molecule has 0 spiro atoms. The number of hydrogen-bond donors (Lipinski definition) is 1. The zero-order valence-corrected chi connectivity index (χ0v) is 18.9. The lowest BCUT2D eigenvalue weighted by molar-refractivity contribution is 0.281. The van der Waals surface area contributed by atoms with Gasteiger partial charge in [-0.15, -0.1) is 34.2 Å². The lowest BCUT2D eigenvalue weighted by Crippen LogP contribution is -2.41. The molecule has 1 N–H and O–H groups in total. The standard InChI is InChI=1S/C20H25FN6O.HI/c1-22-20(26(2)14-15-28-17-10-8-16(21)9-11-17)23-12-5-7-19-25-24-18-6-3-4-13-27(18)19;/h3-4,6,8-11,13H,5,7,12,14-15H2,1-2H3,(H,22,23);1H. The number of guanidine groups is 1. The molecule has 0 aliphatic rings. The summed E-state index contributed by atoms with van der Waals surface area (Å²) in [6.45, 7) is 1.91. The highest BCUT2D eigenvalue weighted by Gasteiger charge is 2.07. The third-order valence-corrected chi connectivity index (χ3v) is 4.33. The smallest absolute Gasteiger partial charge is 0.193 e. The topological polar surface area (TPSA) is 67.0 Å². The maximum atomic E-state index is 12.9. The van der Waals surface area contributed by atoms with Crippen molar-refractivity contribution < 1.29 is 9.13 Å². The van der Waals surface area contributed by atoms with Crippen molar-refractivity contribution in [1.82, 2.24) is 24.8 Å². The average molecular weight is 512 g/mol. The van der Waals surface area contributed by atoms with Crippen molar-refractivity contribution in [2.45, 2.75) is 12.8 Å². The third kappa shape index (κ3) is 6.55. The summed E-state index contributed by atoms with van der Waals surface area (Å²) in [5.41, 5.74) is 0.863. The number of pyridine rings is 1. The van der Waals surface area contributed by atoms with Crippen molar-refractivity contribution in [2.75, 3.05) is 33.8 Å². The fourth-order valence-corrected chi connectivity index (χ4v) is 2.83. The third-order valence-electron chi connectivity index (χ3n) is 4.33. The molecular weight excluding hydrogens is 486 g/mol. The van der Waals surface area contributed by atoms with Gasteiger partial charge in [-0.25, -0.2) is 4.39 Å². The van der Waals surface area contributed by atoms with Crippen molar-refractivity contribution >= 4 is 35.6 Å². The Bertz CT molecular complexity index is 915. The first-order chi connectivity index (χ1) is 13.7. The Balaban J connectivity index is 0.00000300. The summed E-state index contributed by atoms with van der Waals surface area (Å²) in [7, 11) is 3.71. The Labute approximate surface area is 187 Å². The van der Waals surface area contributed by atoms with Crippen molar-refractivity contribution in [3.05, 3.63) is 60.3 Å². The van der Waals surface area contributed by atoms with E-state index in [9.17, 15) is 4.39 Å². The first kappa shape index (κ1) is 22.9. The van der Waals surface area contributed by atoms with Crippen molar-refractivity contribution in [3.63, 3.8) is 0 Å². The second kappa shape index (κ2) is 11.5. The summed E-state index contributed by atoms with van der Waals surface area (Å²) < 4.78 is 20.5. The summed E-state index contributed by atoms with van der Waals surface area (Å²) in [6, 6.07) is 11.9. The van der Waals surface area contributed by atoms with E-state index in [0.717, 1.165) is 36.8 Å². The first-order valence-corrected chi connectivity index (χ1v) is 9.26. The molecule has 0 aliphatic carbocycles. The molecule has 3 aromatic rings. The van der Waals surface area contributed by atoms with Crippen LogP contribution in [0.3, 0.4) is 0 Å². The molecule has 2 aromatic heterocycles. The zero-order chi connectivity index (χ0) is 19.8.